The first-order valence-electron chi connectivity index (χ1n) is 7.90. The molecule has 0 spiro atoms. The van der Waals surface area contributed by atoms with Crippen LogP contribution in [0.3, 0.4) is 0 Å². The minimum absolute atomic E-state index is 0.441. The maximum atomic E-state index is 11.8. The van der Waals surface area contributed by atoms with E-state index in [1.165, 1.54) is 11.8 Å². The monoisotopic (exact) mass is 372 g/mol. The Morgan fingerprint density at radius 2 is 2.20 bits per heavy atom. The molecule has 25 heavy (non-hydrogen) atoms. The van der Waals surface area contributed by atoms with E-state index in [0.717, 1.165) is 27.9 Å². The molecule has 0 radical (unpaired) electrons. The molecule has 1 aliphatic rings. The number of aromatic nitrogens is 1. The Morgan fingerprint density at radius 1 is 1.36 bits per heavy atom. The van der Waals surface area contributed by atoms with E-state index in [2.05, 4.69) is 4.98 Å². The summed E-state index contributed by atoms with van der Waals surface area (Å²) in [5, 5.41) is 10.8. The van der Waals surface area contributed by atoms with Gasteiger partial charge in [-0.1, -0.05) is 42.2 Å². The summed E-state index contributed by atoms with van der Waals surface area (Å²) in [4.78, 5) is 17.0. The number of rotatable bonds is 3. The molecule has 1 atom stereocenters. The molecule has 0 bridgehead atoms. The van der Waals surface area contributed by atoms with Crippen molar-refractivity contribution < 1.29 is 14.3 Å². The van der Waals surface area contributed by atoms with Crippen molar-refractivity contribution in [2.45, 2.75) is 24.8 Å². The fraction of sp³-hybridized carbons (Fsp3) is 0.222. The Bertz CT molecular complexity index is 933. The molecule has 3 aromatic rings. The van der Waals surface area contributed by atoms with Crippen molar-refractivity contribution in [3.8, 4) is 0 Å². The third-order valence-corrected chi connectivity index (χ3v) is 5.94. The Hall–Kier alpha value is -2.25. The van der Waals surface area contributed by atoms with Gasteiger partial charge in [-0.05, 0) is 23.8 Å². The number of furan rings is 1. The fourth-order valence-corrected chi connectivity index (χ4v) is 4.39. The molecule has 0 fully saturated rings. The highest BCUT2D eigenvalue weighted by atomic mass is 32.2. The van der Waals surface area contributed by atoms with Crippen LogP contribution in [0.1, 0.15) is 17.0 Å². The number of aromatic amines is 1. The Balaban J connectivity index is 1.60. The molecule has 5 nitrogen and oxygen atoms in total. The number of thiocarbonyl (C=S) groups is 1. The van der Waals surface area contributed by atoms with Gasteiger partial charge in [-0.2, -0.15) is 0 Å². The molecule has 1 aromatic carbocycles. The van der Waals surface area contributed by atoms with Crippen molar-refractivity contribution >= 4 is 45.2 Å². The molecule has 4 rings (SSSR count). The number of hydrogen-bond donors (Lipinski definition) is 2. The highest BCUT2D eigenvalue weighted by molar-refractivity contribution is 8.22. The number of carbonyl (C=O) groups is 1. The van der Waals surface area contributed by atoms with Crippen molar-refractivity contribution in [2.24, 2.45) is 0 Å². The SMILES string of the molecule is O=C(O)[C@H]1Cc2c([nH]c3ccccc23)CN1C(=S)SCc1ccco1. The van der Waals surface area contributed by atoms with Gasteiger partial charge in [0.05, 0.1) is 18.6 Å². The van der Waals surface area contributed by atoms with Gasteiger partial charge in [0, 0.05) is 23.0 Å². The second-order valence-electron chi connectivity index (χ2n) is 5.95. The van der Waals surface area contributed by atoms with Gasteiger partial charge >= 0.3 is 5.97 Å². The average molecular weight is 372 g/mol. The number of hydrogen-bond acceptors (Lipinski definition) is 4. The molecule has 1 aliphatic heterocycles. The van der Waals surface area contributed by atoms with Crippen LogP contribution < -0.4 is 0 Å². The lowest BCUT2D eigenvalue weighted by atomic mass is 9.97. The summed E-state index contributed by atoms with van der Waals surface area (Å²) < 4.78 is 5.90. The molecule has 0 saturated heterocycles. The largest absolute Gasteiger partial charge is 0.480 e. The first kappa shape index (κ1) is 16.2. The van der Waals surface area contributed by atoms with E-state index in [-0.39, 0.29) is 0 Å². The molecule has 0 aliphatic carbocycles. The van der Waals surface area contributed by atoms with Gasteiger partial charge < -0.3 is 19.4 Å². The standard InChI is InChI=1S/C18H16N2O3S2/c21-17(22)16-8-13-12-5-1-2-6-14(12)19-15(13)9-20(16)18(24)25-10-11-4-3-7-23-11/h1-7,16,19H,8-10H2,(H,21,22)/t16-/m1/s1. The van der Waals surface area contributed by atoms with E-state index in [4.69, 9.17) is 16.6 Å². The van der Waals surface area contributed by atoms with E-state index in [1.807, 2.05) is 36.4 Å². The molecular weight excluding hydrogens is 356 g/mol. The van der Waals surface area contributed by atoms with Crippen molar-refractivity contribution in [1.82, 2.24) is 9.88 Å². The van der Waals surface area contributed by atoms with Crippen molar-refractivity contribution in [2.75, 3.05) is 0 Å². The van der Waals surface area contributed by atoms with Gasteiger partial charge in [0.15, 0.2) is 0 Å². The number of thioether (sulfide) groups is 1. The van der Waals surface area contributed by atoms with Crippen LogP contribution in [0.15, 0.2) is 47.1 Å². The van der Waals surface area contributed by atoms with E-state index in [1.54, 1.807) is 11.2 Å². The smallest absolute Gasteiger partial charge is 0.326 e. The Labute approximate surface area is 154 Å². The summed E-state index contributed by atoms with van der Waals surface area (Å²) >= 11 is 6.95. The zero-order chi connectivity index (χ0) is 17.4. The van der Waals surface area contributed by atoms with Crippen LogP contribution in [0.4, 0.5) is 0 Å². The molecule has 7 heteroatoms. The molecule has 2 N–H and O–H groups in total. The lowest BCUT2D eigenvalue weighted by Gasteiger charge is -2.34. The lowest BCUT2D eigenvalue weighted by molar-refractivity contribution is -0.142. The first-order valence-corrected chi connectivity index (χ1v) is 9.30. The summed E-state index contributed by atoms with van der Waals surface area (Å²) in [6.07, 6.45) is 2.06. The number of carboxylic acids is 1. The zero-order valence-corrected chi connectivity index (χ0v) is 14.9. The molecule has 2 aromatic heterocycles. The topological polar surface area (TPSA) is 69.5 Å². The molecule has 0 unspecified atom stereocenters. The van der Waals surface area contributed by atoms with Crippen molar-refractivity contribution in [3.63, 3.8) is 0 Å². The predicted octanol–water partition coefficient (Wildman–Crippen LogP) is 3.79. The maximum absolute atomic E-state index is 11.8. The second kappa shape index (κ2) is 6.57. The summed E-state index contributed by atoms with van der Waals surface area (Å²) in [6, 6.07) is 11.1. The number of nitrogens with zero attached hydrogens (tertiary/aromatic N) is 1. The molecule has 0 saturated carbocycles. The van der Waals surface area contributed by atoms with Gasteiger partial charge in [-0.25, -0.2) is 4.79 Å². The molecule has 128 valence electrons. The fourth-order valence-electron chi connectivity index (χ4n) is 3.23. The highest BCUT2D eigenvalue weighted by Gasteiger charge is 2.35. The van der Waals surface area contributed by atoms with Gasteiger partial charge in [-0.3, -0.25) is 0 Å². The van der Waals surface area contributed by atoms with Gasteiger partial charge in [-0.15, -0.1) is 0 Å². The van der Waals surface area contributed by atoms with Gasteiger partial charge in [0.25, 0.3) is 0 Å². The lowest BCUT2D eigenvalue weighted by Crippen LogP contribution is -2.47. The van der Waals surface area contributed by atoms with Crippen LogP contribution in [-0.2, 0) is 23.5 Å². The first-order chi connectivity index (χ1) is 12.1. The van der Waals surface area contributed by atoms with Crippen molar-refractivity contribution in [3.05, 3.63) is 59.7 Å². The minimum atomic E-state index is -0.850. The zero-order valence-electron chi connectivity index (χ0n) is 13.3. The van der Waals surface area contributed by atoms with E-state index >= 15 is 0 Å². The van der Waals surface area contributed by atoms with E-state index in [0.29, 0.717) is 23.0 Å². The third kappa shape index (κ3) is 3.05. The van der Waals surface area contributed by atoms with Crippen LogP contribution in [0.5, 0.6) is 0 Å². The highest BCUT2D eigenvalue weighted by Crippen LogP contribution is 2.32. The summed E-state index contributed by atoms with van der Waals surface area (Å²) in [7, 11) is 0. The summed E-state index contributed by atoms with van der Waals surface area (Å²) in [5.41, 5.74) is 3.16. The second-order valence-corrected chi connectivity index (χ2v) is 7.56. The normalized spacial score (nSPS) is 16.8. The number of aliphatic carboxylic acids is 1. The number of carboxylic acid groups (broad SMARTS) is 1. The quantitative estimate of drug-likeness (QED) is 0.682. The number of H-pyrrole nitrogens is 1. The number of fused-ring (bicyclic) bond motifs is 3. The number of benzene rings is 1. The number of para-hydroxylation sites is 1. The molecular formula is C18H16N2O3S2. The summed E-state index contributed by atoms with van der Waals surface area (Å²) in [5.74, 6) is 0.563. The van der Waals surface area contributed by atoms with Crippen LogP contribution in [-0.4, -0.2) is 31.3 Å². The third-order valence-electron chi connectivity index (χ3n) is 4.44. The Kier molecular flexibility index (Phi) is 4.27. The molecule has 3 heterocycles. The average Bonchev–Trinajstić information content (AvgIpc) is 3.25. The number of nitrogens with one attached hydrogen (secondary N) is 1. The summed E-state index contributed by atoms with van der Waals surface area (Å²) in [6.45, 7) is 0.477. The van der Waals surface area contributed by atoms with Crippen LogP contribution in [0.2, 0.25) is 0 Å². The predicted molar refractivity (Wildman–Crippen MR) is 102 cm³/mol. The van der Waals surface area contributed by atoms with Crippen LogP contribution in [0, 0.1) is 0 Å². The Morgan fingerprint density at radius 3 is 2.96 bits per heavy atom. The van der Waals surface area contributed by atoms with Gasteiger partial charge in [0.1, 0.15) is 16.1 Å². The van der Waals surface area contributed by atoms with Crippen molar-refractivity contribution in [1.29, 1.82) is 0 Å². The van der Waals surface area contributed by atoms with E-state index in [9.17, 15) is 9.90 Å². The molecule has 0 amide bonds. The maximum Gasteiger partial charge on any atom is 0.326 e. The van der Waals surface area contributed by atoms with Crippen LogP contribution in [0.25, 0.3) is 10.9 Å². The van der Waals surface area contributed by atoms with Gasteiger partial charge in [0.2, 0.25) is 0 Å². The van der Waals surface area contributed by atoms with Crippen LogP contribution >= 0.6 is 24.0 Å². The van der Waals surface area contributed by atoms with E-state index < -0.39 is 12.0 Å². The minimum Gasteiger partial charge on any atom is -0.480 e.